The maximum absolute atomic E-state index is 13.4. The number of rotatable bonds is 10. The van der Waals surface area contributed by atoms with Crippen molar-refractivity contribution in [3.63, 3.8) is 0 Å². The van der Waals surface area contributed by atoms with E-state index in [0.29, 0.717) is 11.3 Å². The first-order valence-corrected chi connectivity index (χ1v) is 14.2. The van der Waals surface area contributed by atoms with E-state index in [1.165, 1.54) is 23.9 Å². The van der Waals surface area contributed by atoms with Crippen molar-refractivity contribution >= 4 is 23.6 Å². The number of hydrogen-bond donors (Lipinski definition) is 2. The van der Waals surface area contributed by atoms with Crippen molar-refractivity contribution in [1.29, 1.82) is 0 Å². The number of benzene rings is 3. The van der Waals surface area contributed by atoms with E-state index in [-0.39, 0.29) is 28.7 Å². The van der Waals surface area contributed by atoms with Crippen LogP contribution in [-0.4, -0.2) is 38.7 Å². The number of carboxylic acid groups (broad SMARTS) is 1. The highest BCUT2D eigenvalue weighted by Crippen LogP contribution is 2.34. The molecule has 3 aromatic carbocycles. The summed E-state index contributed by atoms with van der Waals surface area (Å²) in [5.74, 6) is -1.41. The third-order valence-electron chi connectivity index (χ3n) is 6.44. The van der Waals surface area contributed by atoms with Crippen LogP contribution in [0.25, 0.3) is 33.9 Å². The Morgan fingerprint density at radius 2 is 1.53 bits per heavy atom. The summed E-state index contributed by atoms with van der Waals surface area (Å²) in [6.07, 6.45) is -1.16. The van der Waals surface area contributed by atoms with E-state index in [1.807, 2.05) is 36.4 Å². The molecule has 1 amide bonds. The van der Waals surface area contributed by atoms with Crippen LogP contribution in [0.4, 0.5) is 13.2 Å². The normalized spacial score (nSPS) is 12.1. The van der Waals surface area contributed by atoms with Crippen molar-refractivity contribution in [2.75, 3.05) is 5.75 Å². The van der Waals surface area contributed by atoms with Crippen LogP contribution in [0.1, 0.15) is 21.6 Å². The molecule has 0 saturated carbocycles. The smallest absolute Gasteiger partial charge is 0.416 e. The molecule has 2 N–H and O–H groups in total. The summed E-state index contributed by atoms with van der Waals surface area (Å²) in [6, 6.07) is 23.2. The Hall–Kier alpha value is -4.90. The van der Waals surface area contributed by atoms with Gasteiger partial charge in [-0.1, -0.05) is 60.7 Å². The fourth-order valence-corrected chi connectivity index (χ4v) is 5.22. The number of thioether (sulfide) groups is 1. The fourth-order valence-electron chi connectivity index (χ4n) is 4.21. The lowest BCUT2D eigenvalue weighted by molar-refractivity contribution is -0.139. The molecule has 0 unspecified atom stereocenters. The van der Waals surface area contributed by atoms with E-state index in [9.17, 15) is 27.9 Å². The average Bonchev–Trinajstić information content (AvgIpc) is 3.47. The molecule has 0 aliphatic heterocycles. The van der Waals surface area contributed by atoms with Crippen molar-refractivity contribution in [3.8, 4) is 33.9 Å². The van der Waals surface area contributed by atoms with Gasteiger partial charge in [0.15, 0.2) is 11.5 Å². The Kier molecular flexibility index (Phi) is 8.91. The summed E-state index contributed by atoms with van der Waals surface area (Å²) < 4.78 is 45.2. The molecule has 11 heteroatoms. The van der Waals surface area contributed by atoms with Gasteiger partial charge in [0, 0.05) is 35.0 Å². The number of nitrogens with zero attached hydrogens (tertiary/aromatic N) is 2. The number of aromatic nitrogens is 2. The highest BCUT2D eigenvalue weighted by molar-refractivity contribution is 7.98. The van der Waals surface area contributed by atoms with Crippen LogP contribution in [0.3, 0.4) is 0 Å². The molecule has 0 spiro atoms. The number of hydrogen-bond acceptors (Lipinski definition) is 6. The summed E-state index contributed by atoms with van der Waals surface area (Å²) in [4.78, 5) is 33.9. The molecule has 218 valence electrons. The zero-order chi connectivity index (χ0) is 30.4. The maximum atomic E-state index is 13.4. The quantitative estimate of drug-likeness (QED) is 0.174. The lowest BCUT2D eigenvalue weighted by Crippen LogP contribution is -2.42. The molecule has 0 saturated heterocycles. The minimum Gasteiger partial charge on any atom is -0.480 e. The molecule has 5 rings (SSSR count). The van der Waals surface area contributed by atoms with Gasteiger partial charge in [0.2, 0.25) is 5.89 Å². The van der Waals surface area contributed by atoms with Gasteiger partial charge in [-0.3, -0.25) is 9.78 Å². The van der Waals surface area contributed by atoms with E-state index >= 15 is 0 Å². The van der Waals surface area contributed by atoms with Crippen molar-refractivity contribution in [3.05, 3.63) is 120 Å². The summed E-state index contributed by atoms with van der Waals surface area (Å²) >= 11 is 1.35. The van der Waals surface area contributed by atoms with Gasteiger partial charge in [0.25, 0.3) is 5.91 Å². The molecule has 0 radical (unpaired) electrons. The molecule has 0 bridgehead atoms. The van der Waals surface area contributed by atoms with Gasteiger partial charge in [-0.15, -0.1) is 0 Å². The van der Waals surface area contributed by atoms with Crippen molar-refractivity contribution in [1.82, 2.24) is 15.3 Å². The van der Waals surface area contributed by atoms with Gasteiger partial charge in [0.05, 0.1) is 5.56 Å². The molecule has 2 aromatic heterocycles. The third kappa shape index (κ3) is 7.31. The number of amides is 1. The van der Waals surface area contributed by atoms with Gasteiger partial charge in [-0.25, -0.2) is 9.78 Å². The number of aliphatic carboxylic acids is 1. The average molecular weight is 604 g/mol. The van der Waals surface area contributed by atoms with E-state index in [0.717, 1.165) is 28.8 Å². The Morgan fingerprint density at radius 3 is 2.16 bits per heavy atom. The number of nitrogens with one attached hydrogen (secondary N) is 1. The first-order chi connectivity index (χ1) is 20.7. The van der Waals surface area contributed by atoms with Crippen molar-refractivity contribution < 1.29 is 32.3 Å². The van der Waals surface area contributed by atoms with Crippen molar-refractivity contribution in [2.45, 2.75) is 18.0 Å². The molecule has 2 heterocycles. The minimum absolute atomic E-state index is 0.0474. The van der Waals surface area contributed by atoms with Crippen LogP contribution in [0.5, 0.6) is 0 Å². The van der Waals surface area contributed by atoms with Gasteiger partial charge in [-0.05, 0) is 47.0 Å². The van der Waals surface area contributed by atoms with Gasteiger partial charge < -0.3 is 14.8 Å². The molecular weight excluding hydrogens is 579 g/mol. The number of pyridine rings is 1. The van der Waals surface area contributed by atoms with Crippen LogP contribution < -0.4 is 5.32 Å². The number of halogens is 3. The predicted molar refractivity (Wildman–Crippen MR) is 157 cm³/mol. The Labute approximate surface area is 248 Å². The lowest BCUT2D eigenvalue weighted by Gasteiger charge is -2.14. The molecule has 7 nitrogen and oxygen atoms in total. The summed E-state index contributed by atoms with van der Waals surface area (Å²) in [5, 5.41) is 12.3. The largest absolute Gasteiger partial charge is 0.480 e. The molecular formula is C32H24F3N3O4S. The molecule has 0 fully saturated rings. The SMILES string of the molecule is O=C(N[C@@H](CSCc1ccccc1)C(=O)O)c1nc(-c2ccc(C(F)(F)F)cc2)oc1-c1ccc(-c2cccnc2)cc1. The summed E-state index contributed by atoms with van der Waals surface area (Å²) in [7, 11) is 0. The van der Waals surface area contributed by atoms with E-state index in [1.54, 1.807) is 42.7 Å². The van der Waals surface area contributed by atoms with Crippen molar-refractivity contribution in [2.24, 2.45) is 0 Å². The molecule has 43 heavy (non-hydrogen) atoms. The highest BCUT2D eigenvalue weighted by atomic mass is 32.2. The van der Waals surface area contributed by atoms with Gasteiger partial charge in [-0.2, -0.15) is 24.9 Å². The van der Waals surface area contributed by atoms with Crippen LogP contribution in [0.15, 0.2) is 108 Å². The molecule has 0 aliphatic rings. The van der Waals surface area contributed by atoms with Gasteiger partial charge >= 0.3 is 12.1 Å². The second kappa shape index (κ2) is 13.0. The molecule has 1 atom stereocenters. The number of alkyl halides is 3. The third-order valence-corrected chi connectivity index (χ3v) is 7.55. The van der Waals surface area contributed by atoms with Crippen LogP contribution >= 0.6 is 11.8 Å². The topological polar surface area (TPSA) is 105 Å². The van der Waals surface area contributed by atoms with Crippen LogP contribution in [0.2, 0.25) is 0 Å². The number of carbonyl (C=O) groups excluding carboxylic acids is 1. The zero-order valence-electron chi connectivity index (χ0n) is 22.4. The van der Waals surface area contributed by atoms with Crippen LogP contribution in [0, 0.1) is 0 Å². The zero-order valence-corrected chi connectivity index (χ0v) is 23.2. The molecule has 5 aromatic rings. The summed E-state index contributed by atoms with van der Waals surface area (Å²) in [6.45, 7) is 0. The van der Waals surface area contributed by atoms with E-state index in [2.05, 4.69) is 15.3 Å². The maximum Gasteiger partial charge on any atom is 0.416 e. The second-order valence-corrected chi connectivity index (χ2v) is 10.5. The van der Waals surface area contributed by atoms with Crippen LogP contribution in [-0.2, 0) is 16.7 Å². The monoisotopic (exact) mass is 603 g/mol. The summed E-state index contributed by atoms with van der Waals surface area (Å²) in [5.41, 5.74) is 2.38. The highest BCUT2D eigenvalue weighted by Gasteiger charge is 2.31. The lowest BCUT2D eigenvalue weighted by atomic mass is 10.0. The fraction of sp³-hybridized carbons (Fsp3) is 0.125. The van der Waals surface area contributed by atoms with E-state index < -0.39 is 29.7 Å². The van der Waals surface area contributed by atoms with Gasteiger partial charge in [0.1, 0.15) is 6.04 Å². The predicted octanol–water partition coefficient (Wildman–Crippen LogP) is 7.21. The Morgan fingerprint density at radius 1 is 0.860 bits per heavy atom. The standard InChI is InChI=1S/C32H24F3N3O4S/c33-32(34,35)25-14-12-23(13-15-25)30-38-27(28(42-30)22-10-8-21(9-11-22)24-7-4-16-36-17-24)29(39)37-26(31(40)41)19-43-18-20-5-2-1-3-6-20/h1-17,26H,18-19H2,(H,37,39)(H,40,41)/t26-/m0/s1. The minimum atomic E-state index is -4.52. The Balaban J connectivity index is 1.43. The van der Waals surface area contributed by atoms with E-state index in [4.69, 9.17) is 4.42 Å². The Bertz CT molecular complexity index is 1690. The second-order valence-electron chi connectivity index (χ2n) is 9.46. The number of carbonyl (C=O) groups is 2. The number of carboxylic acids is 1. The molecule has 0 aliphatic carbocycles. The first kappa shape index (κ1) is 29.6. The number of oxazole rings is 1. The first-order valence-electron chi connectivity index (χ1n) is 13.0.